The average molecular weight is 431 g/mol. The standard InChI is InChI=1S/C22H30N4O5/c1-13(23-2)20(27)25-16-10-12-31-19-8-7-17(26(19)22(16)29)21(28)24-15-9-11-30-18-6-4-3-5-14(15)18/h3-6,13,15-17,19,23H,7-12H2,1-2H3,(H,24,28)(H,25,27)/t13-,15+,16-,17-,19?/m0/s1. The summed E-state index contributed by atoms with van der Waals surface area (Å²) in [5.74, 6) is 0.0678. The third-order valence-corrected chi connectivity index (χ3v) is 6.32. The lowest BCUT2D eigenvalue weighted by Crippen LogP contribution is -2.56. The Morgan fingerprint density at radius 3 is 2.65 bits per heavy atom. The Balaban J connectivity index is 1.47. The molecule has 9 heteroatoms. The highest BCUT2D eigenvalue weighted by Crippen LogP contribution is 2.33. The zero-order valence-corrected chi connectivity index (χ0v) is 17.9. The fourth-order valence-electron chi connectivity index (χ4n) is 4.44. The van der Waals surface area contributed by atoms with Crippen LogP contribution >= 0.6 is 0 Å². The number of amides is 3. The van der Waals surface area contributed by atoms with Crippen LogP contribution in [0.3, 0.4) is 0 Å². The number of nitrogens with zero attached hydrogens (tertiary/aromatic N) is 1. The summed E-state index contributed by atoms with van der Waals surface area (Å²) >= 11 is 0. The second kappa shape index (κ2) is 9.23. The highest BCUT2D eigenvalue weighted by atomic mass is 16.5. The quantitative estimate of drug-likeness (QED) is 0.626. The molecule has 0 aromatic heterocycles. The minimum Gasteiger partial charge on any atom is -0.493 e. The summed E-state index contributed by atoms with van der Waals surface area (Å²) in [6.45, 7) is 2.61. The van der Waals surface area contributed by atoms with Crippen LogP contribution < -0.4 is 20.7 Å². The molecule has 3 aliphatic heterocycles. The molecule has 1 aromatic rings. The molecular weight excluding hydrogens is 400 g/mol. The molecule has 3 N–H and O–H groups in total. The summed E-state index contributed by atoms with van der Waals surface area (Å²) in [5, 5.41) is 8.78. The van der Waals surface area contributed by atoms with E-state index in [4.69, 9.17) is 9.47 Å². The first-order valence-electron chi connectivity index (χ1n) is 10.9. The molecule has 0 spiro atoms. The van der Waals surface area contributed by atoms with E-state index in [1.165, 1.54) is 4.90 Å². The van der Waals surface area contributed by atoms with E-state index in [2.05, 4.69) is 16.0 Å². The van der Waals surface area contributed by atoms with Crippen LogP contribution in [0.4, 0.5) is 0 Å². The van der Waals surface area contributed by atoms with Gasteiger partial charge < -0.3 is 30.3 Å². The summed E-state index contributed by atoms with van der Waals surface area (Å²) < 4.78 is 11.5. The summed E-state index contributed by atoms with van der Waals surface area (Å²) in [6.07, 6.45) is 1.75. The van der Waals surface area contributed by atoms with Gasteiger partial charge in [0.25, 0.3) is 0 Å². The number of hydrogen-bond donors (Lipinski definition) is 3. The molecule has 1 aromatic carbocycles. The van der Waals surface area contributed by atoms with Crippen molar-refractivity contribution in [3.8, 4) is 5.75 Å². The Bertz CT molecular complexity index is 847. The van der Waals surface area contributed by atoms with Crippen LogP contribution in [0.5, 0.6) is 5.75 Å². The van der Waals surface area contributed by atoms with Gasteiger partial charge in [0.15, 0.2) is 0 Å². The SMILES string of the molecule is CN[C@@H](C)C(=O)N[C@H]1CCOC2CC[C@@H](C(=O)N[C@@H]3CCOc4ccccc43)N2C1=O. The highest BCUT2D eigenvalue weighted by Gasteiger charge is 2.46. The molecule has 1 unspecified atom stereocenters. The molecule has 0 aliphatic carbocycles. The number of nitrogens with one attached hydrogen (secondary N) is 3. The van der Waals surface area contributed by atoms with Gasteiger partial charge in [-0.1, -0.05) is 18.2 Å². The van der Waals surface area contributed by atoms with Crippen molar-refractivity contribution in [3.05, 3.63) is 29.8 Å². The van der Waals surface area contributed by atoms with Crippen molar-refractivity contribution in [1.29, 1.82) is 0 Å². The van der Waals surface area contributed by atoms with Gasteiger partial charge >= 0.3 is 0 Å². The van der Waals surface area contributed by atoms with Gasteiger partial charge in [0.2, 0.25) is 17.7 Å². The van der Waals surface area contributed by atoms with Gasteiger partial charge in [-0.3, -0.25) is 14.4 Å². The van der Waals surface area contributed by atoms with Crippen molar-refractivity contribution in [1.82, 2.24) is 20.9 Å². The Morgan fingerprint density at radius 2 is 1.84 bits per heavy atom. The molecule has 0 saturated carbocycles. The van der Waals surface area contributed by atoms with Crippen molar-refractivity contribution in [2.75, 3.05) is 20.3 Å². The van der Waals surface area contributed by atoms with E-state index in [0.29, 0.717) is 38.9 Å². The van der Waals surface area contributed by atoms with Gasteiger partial charge in [0.1, 0.15) is 24.1 Å². The Hall–Kier alpha value is -2.65. The maximum atomic E-state index is 13.3. The topological polar surface area (TPSA) is 109 Å². The molecule has 5 atom stereocenters. The molecule has 2 saturated heterocycles. The van der Waals surface area contributed by atoms with E-state index in [-0.39, 0.29) is 23.8 Å². The van der Waals surface area contributed by atoms with Crippen LogP contribution in [-0.2, 0) is 19.1 Å². The molecular formula is C22H30N4O5. The fraction of sp³-hybridized carbons (Fsp3) is 0.591. The lowest BCUT2D eigenvalue weighted by Gasteiger charge is -2.32. The number of hydrogen-bond acceptors (Lipinski definition) is 6. The molecule has 31 heavy (non-hydrogen) atoms. The predicted molar refractivity (Wildman–Crippen MR) is 112 cm³/mol. The van der Waals surface area contributed by atoms with Crippen molar-refractivity contribution >= 4 is 17.7 Å². The van der Waals surface area contributed by atoms with Crippen molar-refractivity contribution in [2.24, 2.45) is 0 Å². The second-order valence-electron chi connectivity index (χ2n) is 8.26. The molecule has 3 aliphatic rings. The summed E-state index contributed by atoms with van der Waals surface area (Å²) in [7, 11) is 1.69. The zero-order chi connectivity index (χ0) is 22.0. The number of ether oxygens (including phenoxy) is 2. The van der Waals surface area contributed by atoms with Crippen LogP contribution in [0.1, 0.15) is 44.2 Å². The fourth-order valence-corrected chi connectivity index (χ4v) is 4.44. The Morgan fingerprint density at radius 1 is 1.06 bits per heavy atom. The number of carbonyl (C=O) groups is 3. The third-order valence-electron chi connectivity index (χ3n) is 6.32. The summed E-state index contributed by atoms with van der Waals surface area (Å²) in [6, 6.07) is 5.77. The first kappa shape index (κ1) is 21.6. The number of fused-ring (bicyclic) bond motifs is 2. The summed E-state index contributed by atoms with van der Waals surface area (Å²) in [5.41, 5.74) is 0.946. The monoisotopic (exact) mass is 430 g/mol. The van der Waals surface area contributed by atoms with Gasteiger partial charge in [-0.15, -0.1) is 0 Å². The van der Waals surface area contributed by atoms with Crippen LogP contribution in [0, 0.1) is 0 Å². The predicted octanol–water partition coefficient (Wildman–Crippen LogP) is 0.457. The van der Waals surface area contributed by atoms with E-state index < -0.39 is 24.4 Å². The lowest BCUT2D eigenvalue weighted by molar-refractivity contribution is -0.149. The van der Waals surface area contributed by atoms with Gasteiger partial charge in [-0.05, 0) is 32.9 Å². The Kier molecular flexibility index (Phi) is 6.43. The minimum absolute atomic E-state index is 0.161. The van der Waals surface area contributed by atoms with Crippen LogP contribution in [0.15, 0.2) is 24.3 Å². The van der Waals surface area contributed by atoms with E-state index >= 15 is 0 Å². The molecule has 168 valence electrons. The van der Waals surface area contributed by atoms with Gasteiger partial charge in [0.05, 0.1) is 25.3 Å². The van der Waals surface area contributed by atoms with Crippen molar-refractivity contribution < 1.29 is 23.9 Å². The van der Waals surface area contributed by atoms with Crippen molar-refractivity contribution in [2.45, 2.75) is 63.0 Å². The Labute approximate surface area is 181 Å². The van der Waals surface area contributed by atoms with Crippen LogP contribution in [0.2, 0.25) is 0 Å². The van der Waals surface area contributed by atoms with Crippen molar-refractivity contribution in [3.63, 3.8) is 0 Å². The summed E-state index contributed by atoms with van der Waals surface area (Å²) in [4.78, 5) is 40.4. The van der Waals surface area contributed by atoms with E-state index in [1.807, 2.05) is 24.3 Å². The lowest BCUT2D eigenvalue weighted by atomic mass is 10.00. The molecule has 9 nitrogen and oxygen atoms in total. The third kappa shape index (κ3) is 4.38. The van der Waals surface area contributed by atoms with E-state index in [0.717, 1.165) is 11.3 Å². The average Bonchev–Trinajstić information content (AvgIpc) is 3.15. The normalized spacial score (nSPS) is 28.6. The largest absolute Gasteiger partial charge is 0.493 e. The number of rotatable bonds is 5. The molecule has 3 amide bonds. The molecule has 2 fully saturated rings. The number of para-hydroxylation sites is 1. The molecule has 4 rings (SSSR count). The smallest absolute Gasteiger partial charge is 0.247 e. The molecule has 3 heterocycles. The van der Waals surface area contributed by atoms with E-state index in [9.17, 15) is 14.4 Å². The number of carbonyl (C=O) groups excluding carboxylic acids is 3. The molecule has 0 radical (unpaired) electrons. The number of likely N-dealkylation sites (N-methyl/N-ethyl adjacent to an activating group) is 1. The van der Waals surface area contributed by atoms with Gasteiger partial charge in [-0.2, -0.15) is 0 Å². The number of benzene rings is 1. The minimum atomic E-state index is -0.703. The van der Waals surface area contributed by atoms with E-state index in [1.54, 1.807) is 14.0 Å². The highest BCUT2D eigenvalue weighted by molar-refractivity contribution is 5.93. The first-order chi connectivity index (χ1) is 15.0. The van der Waals surface area contributed by atoms with Gasteiger partial charge in [-0.25, -0.2) is 0 Å². The van der Waals surface area contributed by atoms with Gasteiger partial charge in [0, 0.05) is 18.4 Å². The first-order valence-corrected chi connectivity index (χ1v) is 10.9. The second-order valence-corrected chi connectivity index (χ2v) is 8.26. The zero-order valence-electron chi connectivity index (χ0n) is 17.9. The maximum Gasteiger partial charge on any atom is 0.247 e. The maximum absolute atomic E-state index is 13.3. The van der Waals surface area contributed by atoms with Crippen LogP contribution in [0.25, 0.3) is 0 Å². The molecule has 0 bridgehead atoms. The van der Waals surface area contributed by atoms with Crippen LogP contribution in [-0.4, -0.2) is 67.2 Å².